The molecular formula is C39H75O10P. The zero-order chi connectivity index (χ0) is 37.0. The van der Waals surface area contributed by atoms with Crippen LogP contribution in [-0.2, 0) is 32.7 Å². The maximum Gasteiger partial charge on any atom is 0.472 e. The molecule has 0 saturated carbocycles. The van der Waals surface area contributed by atoms with Crippen molar-refractivity contribution in [3.8, 4) is 0 Å². The van der Waals surface area contributed by atoms with Crippen LogP contribution in [0.1, 0.15) is 187 Å². The van der Waals surface area contributed by atoms with Crippen LogP contribution in [0.4, 0.5) is 0 Å². The predicted molar refractivity (Wildman–Crippen MR) is 201 cm³/mol. The van der Waals surface area contributed by atoms with E-state index >= 15 is 0 Å². The van der Waals surface area contributed by atoms with E-state index < -0.39 is 51.8 Å². The normalized spacial score (nSPS) is 14.1. The van der Waals surface area contributed by atoms with E-state index in [4.69, 9.17) is 19.1 Å². The van der Waals surface area contributed by atoms with Crippen LogP contribution in [0.5, 0.6) is 0 Å². The van der Waals surface area contributed by atoms with E-state index in [2.05, 4.69) is 30.5 Å². The summed E-state index contributed by atoms with van der Waals surface area (Å²) in [5.74, 6) is -0.922. The van der Waals surface area contributed by atoms with Crippen LogP contribution in [0.2, 0.25) is 0 Å². The molecule has 10 nitrogen and oxygen atoms in total. The van der Waals surface area contributed by atoms with Gasteiger partial charge in [-0.15, -0.1) is 0 Å². The molecule has 0 aliphatic carbocycles. The minimum absolute atomic E-state index is 0.188. The van der Waals surface area contributed by atoms with Gasteiger partial charge in [0, 0.05) is 12.8 Å². The Morgan fingerprint density at radius 1 is 0.580 bits per heavy atom. The fraction of sp³-hybridized carbons (Fsp3) is 0.897. The van der Waals surface area contributed by atoms with Crippen molar-refractivity contribution >= 4 is 19.8 Å². The van der Waals surface area contributed by atoms with Crippen molar-refractivity contribution in [3.05, 3.63) is 12.2 Å². The summed E-state index contributed by atoms with van der Waals surface area (Å²) in [5, 5.41) is 18.3. The molecule has 1 unspecified atom stereocenters. The third kappa shape index (κ3) is 35.1. The molecule has 0 amide bonds. The highest BCUT2D eigenvalue weighted by atomic mass is 31.2. The van der Waals surface area contributed by atoms with Gasteiger partial charge in [-0.2, -0.15) is 0 Å². The van der Waals surface area contributed by atoms with Crippen LogP contribution in [0.15, 0.2) is 12.2 Å². The molecule has 50 heavy (non-hydrogen) atoms. The second-order valence-corrected chi connectivity index (χ2v) is 15.1. The first-order valence-corrected chi connectivity index (χ1v) is 21.6. The van der Waals surface area contributed by atoms with Crippen molar-refractivity contribution in [2.45, 2.75) is 199 Å². The molecule has 0 aromatic rings. The number of aliphatic hydroxyl groups excluding tert-OH is 2. The van der Waals surface area contributed by atoms with Crippen molar-refractivity contribution < 1.29 is 47.8 Å². The van der Waals surface area contributed by atoms with E-state index in [0.717, 1.165) is 38.5 Å². The van der Waals surface area contributed by atoms with Crippen molar-refractivity contribution in [1.82, 2.24) is 0 Å². The molecule has 296 valence electrons. The average Bonchev–Trinajstić information content (AvgIpc) is 3.10. The molecule has 0 spiro atoms. The Bertz CT molecular complexity index is 853. The van der Waals surface area contributed by atoms with E-state index in [-0.39, 0.29) is 19.4 Å². The van der Waals surface area contributed by atoms with Crippen LogP contribution >= 0.6 is 7.82 Å². The first-order valence-electron chi connectivity index (χ1n) is 20.1. The maximum atomic E-state index is 12.5. The quantitative estimate of drug-likeness (QED) is 0.0242. The molecule has 11 heteroatoms. The van der Waals surface area contributed by atoms with E-state index in [1.165, 1.54) is 109 Å². The fourth-order valence-corrected chi connectivity index (χ4v) is 6.31. The third-order valence-corrected chi connectivity index (χ3v) is 9.62. The van der Waals surface area contributed by atoms with Gasteiger partial charge in [0.25, 0.3) is 0 Å². The van der Waals surface area contributed by atoms with Gasteiger partial charge in [0.1, 0.15) is 12.7 Å². The lowest BCUT2D eigenvalue weighted by Crippen LogP contribution is -2.29. The molecule has 0 fully saturated rings. The molecule has 0 bridgehead atoms. The first-order chi connectivity index (χ1) is 24.2. The molecule has 0 saturated heterocycles. The van der Waals surface area contributed by atoms with E-state index in [1.807, 2.05) is 0 Å². The van der Waals surface area contributed by atoms with Gasteiger partial charge in [-0.3, -0.25) is 18.6 Å². The number of unbranched alkanes of at least 4 members (excludes halogenated alkanes) is 22. The van der Waals surface area contributed by atoms with Crippen LogP contribution in [-0.4, -0.2) is 65.7 Å². The van der Waals surface area contributed by atoms with Crippen LogP contribution in [0.3, 0.4) is 0 Å². The van der Waals surface area contributed by atoms with Crippen LogP contribution in [0.25, 0.3) is 0 Å². The minimum atomic E-state index is -4.60. The number of rotatable bonds is 38. The van der Waals surface area contributed by atoms with E-state index in [9.17, 15) is 24.2 Å². The Kier molecular flexibility index (Phi) is 35.2. The maximum absolute atomic E-state index is 12.5. The molecule has 0 heterocycles. The summed E-state index contributed by atoms with van der Waals surface area (Å²) in [6.07, 6.45) is 31.8. The van der Waals surface area contributed by atoms with Crippen LogP contribution < -0.4 is 0 Å². The van der Waals surface area contributed by atoms with Gasteiger partial charge >= 0.3 is 19.8 Å². The number of carbonyl (C=O) groups excluding carboxylic acids is 2. The van der Waals surface area contributed by atoms with Gasteiger partial charge in [-0.25, -0.2) is 4.57 Å². The van der Waals surface area contributed by atoms with Gasteiger partial charge in [0.05, 0.1) is 19.8 Å². The summed E-state index contributed by atoms with van der Waals surface area (Å²) in [4.78, 5) is 34.8. The Hall–Kier alpha value is -1.29. The summed E-state index contributed by atoms with van der Waals surface area (Å²) >= 11 is 0. The van der Waals surface area contributed by atoms with Crippen molar-refractivity contribution in [3.63, 3.8) is 0 Å². The van der Waals surface area contributed by atoms with Crippen LogP contribution in [0, 0.1) is 0 Å². The molecule has 3 atom stereocenters. The monoisotopic (exact) mass is 735 g/mol. The highest BCUT2D eigenvalue weighted by molar-refractivity contribution is 7.47. The number of aliphatic hydroxyl groups is 2. The number of hydrogen-bond donors (Lipinski definition) is 3. The second kappa shape index (κ2) is 36.1. The van der Waals surface area contributed by atoms with Crippen molar-refractivity contribution in [1.29, 1.82) is 0 Å². The third-order valence-electron chi connectivity index (χ3n) is 8.67. The molecule has 3 N–H and O–H groups in total. The fourth-order valence-electron chi connectivity index (χ4n) is 5.52. The first kappa shape index (κ1) is 48.7. The molecule has 0 aliphatic heterocycles. The van der Waals surface area contributed by atoms with Gasteiger partial charge in [0.2, 0.25) is 0 Å². The lowest BCUT2D eigenvalue weighted by Gasteiger charge is -2.20. The predicted octanol–water partition coefficient (Wildman–Crippen LogP) is 10.1. The number of phosphoric ester groups is 1. The number of phosphoric acid groups is 1. The summed E-state index contributed by atoms with van der Waals surface area (Å²) in [5.41, 5.74) is 0. The Morgan fingerprint density at radius 3 is 1.46 bits per heavy atom. The highest BCUT2D eigenvalue weighted by Crippen LogP contribution is 2.43. The molecule has 0 rings (SSSR count). The summed E-state index contributed by atoms with van der Waals surface area (Å²) in [7, 11) is -4.60. The smallest absolute Gasteiger partial charge is 0.462 e. The summed E-state index contributed by atoms with van der Waals surface area (Å²) < 4.78 is 32.6. The summed E-state index contributed by atoms with van der Waals surface area (Å²) in [6.45, 7) is 2.35. The zero-order valence-electron chi connectivity index (χ0n) is 31.9. The molecule has 0 aliphatic rings. The van der Waals surface area contributed by atoms with Gasteiger partial charge in [-0.05, 0) is 38.5 Å². The Labute approximate surface area is 305 Å². The number of allylic oxidation sites excluding steroid dienone is 2. The molecule has 0 aromatic heterocycles. The summed E-state index contributed by atoms with van der Waals surface area (Å²) in [6, 6.07) is 0. The molecule has 0 aromatic carbocycles. The van der Waals surface area contributed by atoms with Gasteiger partial charge in [0.15, 0.2) is 6.10 Å². The average molecular weight is 735 g/mol. The SMILES string of the molecule is CCCCCC/C=C/CCCCCCCCCCCC(=O)OC[C@@H](COP(=O)(O)OC[C@H](O)CO)OC(=O)CCCCCCCCCCCC. The largest absolute Gasteiger partial charge is 0.472 e. The standard InChI is InChI=1S/C39H75O10P/c1-3-5-7-9-11-13-15-16-17-18-19-20-21-23-24-26-28-30-38(42)46-34-37(35-48-50(44,45)47-33-36(41)32-40)49-39(43)31-29-27-25-22-14-12-10-8-6-4-2/h13,15,36-37,40-41H,3-12,14,16-35H2,1-2H3,(H,44,45)/b15-13+/t36-,37+/m1/s1. The number of esters is 2. The minimum Gasteiger partial charge on any atom is -0.462 e. The van der Waals surface area contributed by atoms with E-state index in [1.54, 1.807) is 0 Å². The van der Waals surface area contributed by atoms with Gasteiger partial charge < -0.3 is 24.6 Å². The Balaban J connectivity index is 4.26. The van der Waals surface area contributed by atoms with Gasteiger partial charge in [-0.1, -0.05) is 148 Å². The Morgan fingerprint density at radius 2 is 0.980 bits per heavy atom. The second-order valence-electron chi connectivity index (χ2n) is 13.7. The number of carbonyl (C=O) groups is 2. The zero-order valence-corrected chi connectivity index (χ0v) is 32.8. The number of hydrogen-bond acceptors (Lipinski definition) is 9. The highest BCUT2D eigenvalue weighted by Gasteiger charge is 2.27. The molecular weight excluding hydrogens is 659 g/mol. The van der Waals surface area contributed by atoms with E-state index in [0.29, 0.717) is 12.8 Å². The topological polar surface area (TPSA) is 149 Å². The number of ether oxygens (including phenoxy) is 2. The van der Waals surface area contributed by atoms with Crippen molar-refractivity contribution in [2.75, 3.05) is 26.4 Å². The molecule has 0 radical (unpaired) electrons. The van der Waals surface area contributed by atoms with Crippen molar-refractivity contribution in [2.24, 2.45) is 0 Å². The lowest BCUT2D eigenvalue weighted by atomic mass is 10.1. The lowest BCUT2D eigenvalue weighted by molar-refractivity contribution is -0.161.